The second kappa shape index (κ2) is 41.1. The van der Waals surface area contributed by atoms with Crippen molar-refractivity contribution in [3.63, 3.8) is 0 Å². The average molecular weight is 1050 g/mol. The van der Waals surface area contributed by atoms with Crippen molar-refractivity contribution in [3.8, 4) is 0 Å². The van der Waals surface area contributed by atoms with Crippen LogP contribution in [-0.4, -0.2) is 82.6 Å². The summed E-state index contributed by atoms with van der Waals surface area (Å²) in [6.45, 7) is 18.2. The molecule has 10 unspecified atom stereocenters. The Kier molecular flexibility index (Phi) is 37.7. The lowest BCUT2D eigenvalue weighted by Crippen LogP contribution is -2.61. The molecule has 10 atom stereocenters. The van der Waals surface area contributed by atoms with Gasteiger partial charge in [-0.05, 0) is 18.0 Å². The van der Waals surface area contributed by atoms with Crippen LogP contribution in [0.3, 0.4) is 0 Å². The van der Waals surface area contributed by atoms with E-state index < -0.39 is 69.4 Å². The predicted molar refractivity (Wildman–Crippen MR) is 295 cm³/mol. The summed E-state index contributed by atoms with van der Waals surface area (Å²) in [7, 11) is -3.37. The van der Waals surface area contributed by atoms with Crippen LogP contribution >= 0.6 is 0 Å². The molecule has 2 aliphatic rings. The molecule has 12 nitrogen and oxygen atoms in total. The van der Waals surface area contributed by atoms with Crippen molar-refractivity contribution in [2.24, 2.45) is 23.7 Å². The Balaban J connectivity index is 2.31. The molecule has 0 spiro atoms. The van der Waals surface area contributed by atoms with Gasteiger partial charge in [0.15, 0.2) is 18.7 Å². The topological polar surface area (TPSA) is 142 Å². The van der Waals surface area contributed by atoms with E-state index in [2.05, 4.69) is 13.8 Å². The smallest absolute Gasteiger partial charge is 0.342 e. The van der Waals surface area contributed by atoms with E-state index in [-0.39, 0.29) is 36.9 Å². The number of rotatable bonds is 44. The highest BCUT2D eigenvalue weighted by Crippen LogP contribution is 2.41. The SMILES string of the molecule is CCCCCCCCCCCCCCCCCC[Si](CCCCCCCCCCCCCCCCCC)(OC1OC(COC(C)=O)C(OC(C)=O)C(C)C1C)OC1OC(COC(C)=O)C(C)C(C)C1OC(C)=O. The third kappa shape index (κ3) is 29.9. The molecule has 2 aliphatic heterocycles. The van der Waals surface area contributed by atoms with Gasteiger partial charge >= 0.3 is 32.4 Å². The first kappa shape index (κ1) is 67.0. The van der Waals surface area contributed by atoms with Gasteiger partial charge in [-0.2, -0.15) is 0 Å². The Morgan fingerprint density at radius 2 is 0.658 bits per heavy atom. The summed E-state index contributed by atoms with van der Waals surface area (Å²) >= 11 is 0. The fourth-order valence-electron chi connectivity index (χ4n) is 10.9. The van der Waals surface area contributed by atoms with E-state index in [1.54, 1.807) is 0 Å². The van der Waals surface area contributed by atoms with Crippen LogP contribution in [0.2, 0.25) is 12.1 Å². The van der Waals surface area contributed by atoms with Gasteiger partial charge in [-0.25, -0.2) is 0 Å². The molecule has 0 aromatic rings. The third-order valence-corrected chi connectivity index (χ3v) is 19.5. The third-order valence-electron chi connectivity index (χ3n) is 16.0. The Morgan fingerprint density at radius 3 is 1.01 bits per heavy atom. The fraction of sp³-hybridized carbons (Fsp3) is 0.933. The van der Waals surface area contributed by atoms with Gasteiger partial charge in [0.2, 0.25) is 0 Å². The van der Waals surface area contributed by atoms with Gasteiger partial charge in [0, 0.05) is 45.4 Å². The Labute approximate surface area is 447 Å². The van der Waals surface area contributed by atoms with Crippen LogP contribution in [0, 0.1) is 23.7 Å². The molecule has 73 heavy (non-hydrogen) atoms. The fourth-order valence-corrected chi connectivity index (χ4v) is 14.6. The van der Waals surface area contributed by atoms with Gasteiger partial charge in [-0.1, -0.05) is 247 Å². The number of carbonyl (C=O) groups is 4. The van der Waals surface area contributed by atoms with Crippen LogP contribution in [0.4, 0.5) is 0 Å². The summed E-state index contributed by atoms with van der Waals surface area (Å²) in [6, 6.07) is 1.36. The molecule has 2 fully saturated rings. The zero-order valence-corrected chi connectivity index (χ0v) is 49.6. The molecular weight excluding hydrogens is 941 g/mol. The minimum Gasteiger partial charge on any atom is -0.463 e. The van der Waals surface area contributed by atoms with Gasteiger partial charge in [0.05, 0.1) is 6.10 Å². The highest BCUT2D eigenvalue weighted by Gasteiger charge is 2.53. The maximum Gasteiger partial charge on any atom is 0.342 e. The van der Waals surface area contributed by atoms with Gasteiger partial charge in [0.1, 0.15) is 25.4 Å². The van der Waals surface area contributed by atoms with Crippen molar-refractivity contribution in [2.45, 2.75) is 324 Å². The molecule has 2 heterocycles. The van der Waals surface area contributed by atoms with E-state index in [1.165, 1.54) is 195 Å². The van der Waals surface area contributed by atoms with Crippen molar-refractivity contribution in [1.82, 2.24) is 0 Å². The van der Waals surface area contributed by atoms with E-state index in [0.29, 0.717) is 12.1 Å². The second-order valence-corrected chi connectivity index (χ2v) is 25.8. The summed E-state index contributed by atoms with van der Waals surface area (Å²) in [5, 5.41) is 0. The number of esters is 4. The van der Waals surface area contributed by atoms with Crippen LogP contribution in [-0.2, 0) is 56.5 Å². The molecule has 0 aromatic heterocycles. The standard InChI is InChI=1S/C60H112O12Si/c1-11-13-15-17-19-21-23-25-27-29-31-33-35-37-39-41-43-73(44-42-40-38-36-34-32-30-28-26-24-22-20-18-16-14-12-2,71-59-50(6)49(5)57(67-53(9)63)56(70-59)46-66-52(8)62)72-60-58(68-54(10)64)48(4)47(3)55(69-60)45-65-51(7)61/h47-50,55-60H,11-46H2,1-10H3. The molecule has 428 valence electrons. The normalized spacial score (nSPS) is 24.3. The van der Waals surface area contributed by atoms with Crippen LogP contribution < -0.4 is 0 Å². The van der Waals surface area contributed by atoms with E-state index in [0.717, 1.165) is 38.5 Å². The minimum absolute atomic E-state index is 0.0524. The van der Waals surface area contributed by atoms with E-state index >= 15 is 0 Å². The van der Waals surface area contributed by atoms with Gasteiger partial charge in [-0.3, -0.25) is 19.2 Å². The van der Waals surface area contributed by atoms with Gasteiger partial charge < -0.3 is 37.3 Å². The highest BCUT2D eigenvalue weighted by atomic mass is 28.4. The van der Waals surface area contributed by atoms with E-state index in [4.69, 9.17) is 37.3 Å². The van der Waals surface area contributed by atoms with Crippen molar-refractivity contribution >= 4 is 32.4 Å². The molecule has 0 aliphatic carbocycles. The molecule has 0 saturated carbocycles. The van der Waals surface area contributed by atoms with Crippen molar-refractivity contribution in [2.75, 3.05) is 13.2 Å². The number of hydrogen-bond acceptors (Lipinski definition) is 12. The summed E-state index contributed by atoms with van der Waals surface area (Å²) in [4.78, 5) is 49.3. The molecule has 0 N–H and O–H groups in total. The molecule has 2 rings (SSSR count). The Morgan fingerprint density at radius 1 is 0.356 bits per heavy atom. The summed E-state index contributed by atoms with van der Waals surface area (Å²) in [5.74, 6) is -2.41. The zero-order valence-electron chi connectivity index (χ0n) is 48.6. The lowest BCUT2D eigenvalue weighted by molar-refractivity contribution is -0.276. The average Bonchev–Trinajstić information content (AvgIpc) is 3.34. The second-order valence-electron chi connectivity index (χ2n) is 22.5. The molecule has 0 amide bonds. The maximum atomic E-state index is 12.8. The molecular formula is C60H112O12Si. The van der Waals surface area contributed by atoms with Crippen molar-refractivity contribution < 1.29 is 56.5 Å². The zero-order chi connectivity index (χ0) is 53.7. The van der Waals surface area contributed by atoms with Crippen LogP contribution in [0.1, 0.15) is 275 Å². The number of carbonyl (C=O) groups excluding carboxylic acids is 4. The lowest BCUT2D eigenvalue weighted by Gasteiger charge is -2.49. The lowest BCUT2D eigenvalue weighted by atomic mass is 9.83. The Bertz CT molecular complexity index is 1390. The molecule has 0 aromatic carbocycles. The van der Waals surface area contributed by atoms with Crippen LogP contribution in [0.15, 0.2) is 0 Å². The monoisotopic (exact) mass is 1050 g/mol. The molecule has 13 heteroatoms. The number of unbranched alkanes of at least 4 members (excludes halogenated alkanes) is 30. The first-order chi connectivity index (χ1) is 35.1. The van der Waals surface area contributed by atoms with Gasteiger partial charge in [-0.15, -0.1) is 0 Å². The van der Waals surface area contributed by atoms with E-state index in [9.17, 15) is 19.2 Å². The maximum absolute atomic E-state index is 12.8. The summed E-state index contributed by atoms with van der Waals surface area (Å²) < 4.78 is 51.3. The van der Waals surface area contributed by atoms with Crippen molar-refractivity contribution in [3.05, 3.63) is 0 Å². The quantitative estimate of drug-likeness (QED) is 0.0248. The van der Waals surface area contributed by atoms with Crippen LogP contribution in [0.25, 0.3) is 0 Å². The van der Waals surface area contributed by atoms with Crippen LogP contribution in [0.5, 0.6) is 0 Å². The minimum atomic E-state index is -3.37. The van der Waals surface area contributed by atoms with Crippen molar-refractivity contribution in [1.29, 1.82) is 0 Å². The summed E-state index contributed by atoms with van der Waals surface area (Å²) in [6.07, 6.45) is 36.3. The first-order valence-corrected chi connectivity index (χ1v) is 32.6. The number of ether oxygens (including phenoxy) is 6. The number of hydrogen-bond donors (Lipinski definition) is 0. The predicted octanol–water partition coefficient (Wildman–Crippen LogP) is 16.0. The first-order valence-electron chi connectivity index (χ1n) is 30.4. The van der Waals surface area contributed by atoms with E-state index in [1.807, 2.05) is 27.7 Å². The van der Waals surface area contributed by atoms with Gasteiger partial charge in [0.25, 0.3) is 0 Å². The Hall–Kier alpha value is -2.06. The highest BCUT2D eigenvalue weighted by molar-refractivity contribution is 6.67. The summed E-state index contributed by atoms with van der Waals surface area (Å²) in [5.41, 5.74) is 0. The molecule has 0 radical (unpaired) electrons. The molecule has 0 bridgehead atoms. The largest absolute Gasteiger partial charge is 0.463 e. The molecule has 2 saturated heterocycles.